The summed E-state index contributed by atoms with van der Waals surface area (Å²) in [7, 11) is 0. The molecule has 0 radical (unpaired) electrons. The first-order valence-corrected chi connectivity index (χ1v) is 29.5. The van der Waals surface area contributed by atoms with Gasteiger partial charge in [0, 0.05) is 117 Å². The van der Waals surface area contributed by atoms with E-state index in [4.69, 9.17) is 5.73 Å². The Hall–Kier alpha value is -7.27. The number of carboxylic acids is 1. The van der Waals surface area contributed by atoms with Crippen LogP contribution < -0.4 is 64.2 Å². The predicted molar refractivity (Wildman–Crippen MR) is 291 cm³/mol. The van der Waals surface area contributed by atoms with E-state index in [1.54, 1.807) is 14.7 Å². The highest BCUT2D eigenvalue weighted by Gasteiger charge is 2.68. The average Bonchev–Trinajstić information content (AvgIpc) is 2.36. The Labute approximate surface area is 482 Å². The van der Waals surface area contributed by atoms with Gasteiger partial charge >= 0.3 is 5.97 Å². The van der Waals surface area contributed by atoms with Gasteiger partial charge < -0.3 is 84.0 Å². The molecular weight excluding hydrogens is 1140 g/mol. The van der Waals surface area contributed by atoms with Crippen LogP contribution in [0.1, 0.15) is 32.1 Å². The number of hydrogen-bond acceptors (Lipinski definition) is 20. The number of fused-ring (bicyclic) bond motifs is 44. The Bertz CT molecular complexity index is 2490. The SMILES string of the molecule is N[C@H]1CSCCC(=O)N2CC34CN5C[C@]3(CN(C4)C(=O)CCSC[C@H](NC(=O)CNC(=O)CNC(=O)CNC(=O)CCC(=O)CNC1=O)C(=O)NCC(=O)NCC(=O)NCC(=O)NCC(=O)NCC(=O)N[C@H](C(=O)O)CSCCC5=O)C2. The summed E-state index contributed by atoms with van der Waals surface area (Å²) in [6.45, 7) is -4.40. The number of aliphatic carboxylic acids is 1. The molecule has 2 spiro atoms. The van der Waals surface area contributed by atoms with Gasteiger partial charge in [-0.1, -0.05) is 0 Å². The number of ketones is 1. The van der Waals surface area contributed by atoms with E-state index in [1.165, 1.54) is 11.8 Å². The van der Waals surface area contributed by atoms with Crippen LogP contribution in [-0.2, 0) is 76.7 Å². The molecule has 7 rings (SSSR count). The number of carbonyl (C=O) groups is 16. The van der Waals surface area contributed by atoms with Crippen LogP contribution in [-0.4, -0.2) is 265 Å². The molecule has 32 nitrogen and oxygen atoms in total. The van der Waals surface area contributed by atoms with Gasteiger partial charge in [0.15, 0.2) is 5.78 Å². The van der Waals surface area contributed by atoms with Gasteiger partial charge in [0.1, 0.15) is 12.1 Å². The fraction of sp³-hybridized carbons (Fsp3) is 0.660. The molecule has 7 heterocycles. The number of nitrogens with zero attached hydrogens (tertiary/aromatic N) is 3. The third-order valence-corrected chi connectivity index (χ3v) is 16.9. The molecule has 7 fully saturated rings. The van der Waals surface area contributed by atoms with E-state index in [0.717, 1.165) is 23.5 Å². The van der Waals surface area contributed by atoms with E-state index in [1.807, 2.05) is 0 Å². The van der Waals surface area contributed by atoms with Crippen LogP contribution in [0.5, 0.6) is 0 Å². The van der Waals surface area contributed by atoms with Crippen LogP contribution in [0, 0.1) is 10.8 Å². The van der Waals surface area contributed by atoms with Crippen molar-refractivity contribution in [1.29, 1.82) is 0 Å². The number of amides is 14. The van der Waals surface area contributed by atoms with Crippen LogP contribution >= 0.6 is 35.3 Å². The van der Waals surface area contributed by atoms with E-state index in [9.17, 15) is 81.8 Å². The van der Waals surface area contributed by atoms with Crippen molar-refractivity contribution in [2.75, 3.05) is 133 Å². The molecule has 7 aliphatic heterocycles. The molecule has 82 heavy (non-hydrogen) atoms. The summed E-state index contributed by atoms with van der Waals surface area (Å²) in [5, 5.41) is 35.1. The van der Waals surface area contributed by atoms with Crippen molar-refractivity contribution < 1.29 is 81.8 Å². The van der Waals surface area contributed by atoms with Crippen LogP contribution in [0.15, 0.2) is 0 Å². The van der Waals surface area contributed by atoms with Gasteiger partial charge in [-0.15, -0.1) is 0 Å². The van der Waals surface area contributed by atoms with Crippen molar-refractivity contribution in [3.05, 3.63) is 0 Å². The van der Waals surface area contributed by atoms with Crippen molar-refractivity contribution in [1.82, 2.24) is 73.2 Å². The molecule has 1 unspecified atom stereocenters. The molecule has 0 aromatic rings. The fourth-order valence-electron chi connectivity index (χ4n) is 9.35. The maximum atomic E-state index is 14.0. The molecule has 7 aliphatic rings. The minimum atomic E-state index is -1.40. The zero-order valence-electron chi connectivity index (χ0n) is 44.7. The van der Waals surface area contributed by atoms with Crippen LogP contribution in [0.3, 0.4) is 0 Å². The van der Waals surface area contributed by atoms with Crippen molar-refractivity contribution in [2.24, 2.45) is 16.6 Å². The van der Waals surface area contributed by atoms with Gasteiger partial charge in [0.25, 0.3) is 0 Å². The highest BCUT2D eigenvalue weighted by molar-refractivity contribution is 7.99. The molecule has 0 aromatic carbocycles. The van der Waals surface area contributed by atoms with Crippen molar-refractivity contribution in [2.45, 2.75) is 50.2 Å². The molecule has 35 heteroatoms. The number of carboxylic acid groups (broad SMARTS) is 1. The Kier molecular flexibility index (Phi) is 25.4. The summed E-state index contributed by atoms with van der Waals surface area (Å²) in [6, 6.07) is -3.79. The van der Waals surface area contributed by atoms with E-state index >= 15 is 0 Å². The summed E-state index contributed by atoms with van der Waals surface area (Å²) < 4.78 is 0. The molecule has 452 valence electrons. The number of carbonyl (C=O) groups excluding carboxylic acids is 15. The van der Waals surface area contributed by atoms with E-state index in [2.05, 4.69) is 58.5 Å². The standard InChI is InChI=1S/C47H69N15O17S3/c48-28-18-80-6-3-40(73)60-21-46-23-61-24-47(46,22-60)26-62(25-46)42(75)5-8-82-20-30(45(78)79)59-39(72)17-55-36(69)14-52-33(66)11-51-34(67)12-53-37(70)15-57-44(77)29(19-81-7-4-41(61)74)58-38(71)16-54-35(68)13-50-32(65)10-49-31(64)2-1-27(63)9-56-43(28)76/h28-30H,1-26,48H2,(H,49,64)(H,50,65)(H,51,67)(H,52,66)(H,53,70)(H,54,68)(H,55,69)(H,56,76)(H,57,77)(H,58,71)(H,59,72)(H,78,79)/t28-,29-,30-,46+,47?/m0/s1. The Morgan fingerprint density at radius 3 is 1.16 bits per heavy atom. The molecule has 14 N–H and O–H groups in total. The van der Waals surface area contributed by atoms with Gasteiger partial charge in [-0.25, -0.2) is 4.79 Å². The number of nitrogens with one attached hydrogen (secondary N) is 11. The van der Waals surface area contributed by atoms with E-state index < -0.39 is 165 Å². The summed E-state index contributed by atoms with van der Waals surface area (Å²) >= 11 is 3.44. The maximum Gasteiger partial charge on any atom is 0.327 e. The van der Waals surface area contributed by atoms with Crippen molar-refractivity contribution in [3.63, 3.8) is 0 Å². The summed E-state index contributed by atoms with van der Waals surface area (Å²) in [5.41, 5.74) is 4.57. The highest BCUT2D eigenvalue weighted by atomic mass is 32.2. The first-order valence-electron chi connectivity index (χ1n) is 26.0. The number of thioether (sulfide) groups is 3. The number of rotatable bonds is 1. The topological polar surface area (TPSA) is 461 Å². The largest absolute Gasteiger partial charge is 0.480 e. The fourth-order valence-corrected chi connectivity index (χ4v) is 12.1. The van der Waals surface area contributed by atoms with Gasteiger partial charge in [-0.2, -0.15) is 35.3 Å². The molecule has 5 atom stereocenters. The first kappa shape index (κ1) is 65.5. The zero-order chi connectivity index (χ0) is 60.0. The van der Waals surface area contributed by atoms with Gasteiger partial charge in [0.05, 0.1) is 64.9 Å². The minimum Gasteiger partial charge on any atom is -0.480 e. The second kappa shape index (κ2) is 31.8. The quantitative estimate of drug-likeness (QED) is 0.108. The monoisotopic (exact) mass is 1210 g/mol. The lowest BCUT2D eigenvalue weighted by Crippen LogP contribution is -2.53. The van der Waals surface area contributed by atoms with E-state index in [-0.39, 0.29) is 124 Å². The summed E-state index contributed by atoms with van der Waals surface area (Å²) in [6.07, 6.45) is -0.594. The lowest BCUT2D eigenvalue weighted by atomic mass is 9.71. The van der Waals surface area contributed by atoms with Gasteiger partial charge in [0.2, 0.25) is 82.7 Å². The second-order valence-electron chi connectivity index (χ2n) is 19.9. The predicted octanol–water partition coefficient (Wildman–Crippen LogP) is -9.34. The van der Waals surface area contributed by atoms with Crippen LogP contribution in [0.4, 0.5) is 0 Å². The second-order valence-corrected chi connectivity index (χ2v) is 23.3. The number of nitrogens with two attached hydrogens (primary N) is 1. The lowest BCUT2D eigenvalue weighted by molar-refractivity contribution is -0.141. The third-order valence-electron chi connectivity index (χ3n) is 13.6. The van der Waals surface area contributed by atoms with Crippen LogP contribution in [0.25, 0.3) is 0 Å². The first-order chi connectivity index (χ1) is 39.0. The normalized spacial score (nSPS) is 27.8. The molecule has 0 aromatic heterocycles. The van der Waals surface area contributed by atoms with Gasteiger partial charge in [-0.3, -0.25) is 71.9 Å². The average molecular weight is 1210 g/mol. The third kappa shape index (κ3) is 20.6. The Morgan fingerprint density at radius 2 is 0.744 bits per heavy atom. The lowest BCUT2D eigenvalue weighted by Gasteiger charge is -2.31. The zero-order valence-corrected chi connectivity index (χ0v) is 47.2. The van der Waals surface area contributed by atoms with Crippen molar-refractivity contribution >= 4 is 130 Å². The number of Topliss-reactive ketones (excluding diaryl/α,β-unsaturated/α-hetero) is 1. The molecule has 6 bridgehead atoms. The van der Waals surface area contributed by atoms with E-state index in [0.29, 0.717) is 0 Å². The Balaban J connectivity index is 1.32. The molecular formula is C47H69N15O17S3. The maximum absolute atomic E-state index is 14.0. The minimum absolute atomic E-state index is 0.0154. The van der Waals surface area contributed by atoms with Crippen LogP contribution in [0.2, 0.25) is 0 Å². The molecule has 0 aliphatic carbocycles. The van der Waals surface area contributed by atoms with Gasteiger partial charge in [-0.05, 0) is 0 Å². The summed E-state index contributed by atoms with van der Waals surface area (Å²) in [4.78, 5) is 210. The Morgan fingerprint density at radius 1 is 0.402 bits per heavy atom. The summed E-state index contributed by atoms with van der Waals surface area (Å²) in [5.74, 6) is -11.1. The molecule has 0 saturated carbocycles. The smallest absolute Gasteiger partial charge is 0.327 e. The van der Waals surface area contributed by atoms with Crippen molar-refractivity contribution in [3.8, 4) is 0 Å². The molecule has 7 saturated heterocycles. The molecule has 14 amide bonds. The highest BCUT2D eigenvalue weighted by Crippen LogP contribution is 2.57. The number of hydrogen-bond donors (Lipinski definition) is 13.